The molecule has 2 aromatic heterocycles. The standard InChI is InChI=1S/C30H16S2/c1-5-17-7-3-11-25-29(17)21(9-1)23-13-19-16-28-24(14-20(19)15-27(23)31-25)22-10-2-6-18-8-4-12-26(32-28)30(18)22/h1-16H. The van der Waals surface area contributed by atoms with Gasteiger partial charge in [0.2, 0.25) is 0 Å². The molecule has 0 spiro atoms. The summed E-state index contributed by atoms with van der Waals surface area (Å²) in [5.74, 6) is 0. The van der Waals surface area contributed by atoms with E-state index in [4.69, 9.17) is 0 Å². The minimum absolute atomic E-state index is 1.32. The minimum atomic E-state index is 1.32. The van der Waals surface area contributed by atoms with E-state index in [9.17, 15) is 0 Å². The molecular formula is C30H16S2. The van der Waals surface area contributed by atoms with Crippen molar-refractivity contribution in [2.45, 2.75) is 0 Å². The van der Waals surface area contributed by atoms with E-state index in [2.05, 4.69) is 97.1 Å². The zero-order chi connectivity index (χ0) is 20.8. The van der Waals surface area contributed by atoms with Gasteiger partial charge in [-0.1, -0.05) is 60.7 Å². The van der Waals surface area contributed by atoms with E-state index in [0.29, 0.717) is 0 Å². The molecule has 0 aliphatic carbocycles. The number of rotatable bonds is 0. The number of hydrogen-bond donors (Lipinski definition) is 0. The third kappa shape index (κ3) is 2.21. The van der Waals surface area contributed by atoms with Crippen LogP contribution in [-0.4, -0.2) is 0 Å². The van der Waals surface area contributed by atoms with Crippen LogP contribution in [0.3, 0.4) is 0 Å². The molecule has 0 saturated carbocycles. The molecule has 0 unspecified atom stereocenters. The van der Waals surface area contributed by atoms with Crippen LogP contribution in [0.4, 0.5) is 0 Å². The van der Waals surface area contributed by atoms with Gasteiger partial charge in [-0.25, -0.2) is 0 Å². The van der Waals surface area contributed by atoms with Gasteiger partial charge >= 0.3 is 0 Å². The van der Waals surface area contributed by atoms with Crippen molar-refractivity contribution in [3.63, 3.8) is 0 Å². The van der Waals surface area contributed by atoms with Crippen molar-refractivity contribution >= 4 is 95.3 Å². The van der Waals surface area contributed by atoms with Gasteiger partial charge in [-0.15, -0.1) is 22.7 Å². The van der Waals surface area contributed by atoms with Gasteiger partial charge < -0.3 is 0 Å². The Morgan fingerprint density at radius 3 is 1.25 bits per heavy atom. The Morgan fingerprint density at radius 1 is 0.344 bits per heavy atom. The van der Waals surface area contributed by atoms with Crippen molar-refractivity contribution in [3.05, 3.63) is 97.1 Å². The highest BCUT2D eigenvalue weighted by Gasteiger charge is 2.12. The molecular weight excluding hydrogens is 424 g/mol. The maximum atomic E-state index is 2.41. The van der Waals surface area contributed by atoms with E-state index in [1.165, 1.54) is 72.7 Å². The topological polar surface area (TPSA) is 0 Å². The lowest BCUT2D eigenvalue weighted by Gasteiger charge is -2.12. The Morgan fingerprint density at radius 2 is 0.781 bits per heavy atom. The Bertz CT molecular complexity index is 1880. The van der Waals surface area contributed by atoms with Crippen molar-refractivity contribution in [3.8, 4) is 0 Å². The first-order valence-corrected chi connectivity index (χ1v) is 12.5. The predicted molar refractivity (Wildman–Crippen MR) is 145 cm³/mol. The van der Waals surface area contributed by atoms with Crippen LogP contribution >= 0.6 is 22.7 Å². The third-order valence-corrected chi connectivity index (χ3v) is 9.03. The lowest BCUT2D eigenvalue weighted by atomic mass is 9.99. The Balaban J connectivity index is 1.57. The van der Waals surface area contributed by atoms with Gasteiger partial charge in [0.25, 0.3) is 0 Å². The van der Waals surface area contributed by atoms with E-state index in [0.717, 1.165) is 0 Å². The Kier molecular flexibility index (Phi) is 3.25. The quantitative estimate of drug-likeness (QED) is 0.163. The average molecular weight is 441 g/mol. The fourth-order valence-corrected chi connectivity index (χ4v) is 7.72. The van der Waals surface area contributed by atoms with E-state index in [1.54, 1.807) is 0 Å². The molecule has 8 rings (SSSR count). The van der Waals surface area contributed by atoms with Crippen LogP contribution in [0.2, 0.25) is 0 Å². The van der Waals surface area contributed by atoms with Gasteiger partial charge in [0.05, 0.1) is 0 Å². The monoisotopic (exact) mass is 440 g/mol. The highest BCUT2D eigenvalue weighted by molar-refractivity contribution is 7.25. The lowest BCUT2D eigenvalue weighted by Crippen LogP contribution is -1.83. The fraction of sp³-hybridized carbons (Fsp3) is 0. The van der Waals surface area contributed by atoms with Crippen LogP contribution in [0.5, 0.6) is 0 Å². The molecule has 0 saturated heterocycles. The van der Waals surface area contributed by atoms with Crippen LogP contribution in [0.1, 0.15) is 0 Å². The van der Waals surface area contributed by atoms with Gasteiger partial charge in [-0.05, 0) is 68.7 Å². The minimum Gasteiger partial charge on any atom is -0.135 e. The Labute approximate surface area is 191 Å². The SMILES string of the molecule is c1cc2cccc3c4cc5cc6sc7cccc8cccc(c6cc5cc4sc(c1)c23)c87. The summed E-state index contributed by atoms with van der Waals surface area (Å²) in [5, 5.41) is 13.5. The van der Waals surface area contributed by atoms with Crippen LogP contribution in [0, 0.1) is 0 Å². The summed E-state index contributed by atoms with van der Waals surface area (Å²) in [4.78, 5) is 0. The highest BCUT2D eigenvalue weighted by atomic mass is 32.1. The summed E-state index contributed by atoms with van der Waals surface area (Å²) in [7, 11) is 0. The zero-order valence-corrected chi connectivity index (χ0v) is 18.7. The first-order chi connectivity index (χ1) is 15.8. The second-order valence-corrected chi connectivity index (χ2v) is 10.7. The second kappa shape index (κ2) is 6.07. The first kappa shape index (κ1) is 17.1. The molecule has 2 heteroatoms. The van der Waals surface area contributed by atoms with Crippen molar-refractivity contribution < 1.29 is 0 Å². The van der Waals surface area contributed by atoms with Gasteiger partial charge in [-0.3, -0.25) is 0 Å². The molecule has 6 aromatic carbocycles. The summed E-state index contributed by atoms with van der Waals surface area (Å²) in [6, 6.07) is 36.3. The van der Waals surface area contributed by atoms with E-state index >= 15 is 0 Å². The molecule has 0 bridgehead atoms. The number of fused-ring (bicyclic) bond motifs is 5. The number of hydrogen-bond acceptors (Lipinski definition) is 2. The van der Waals surface area contributed by atoms with Crippen molar-refractivity contribution in [1.29, 1.82) is 0 Å². The van der Waals surface area contributed by atoms with E-state index < -0.39 is 0 Å². The van der Waals surface area contributed by atoms with Gasteiger partial charge in [0, 0.05) is 40.3 Å². The number of benzene rings is 6. The van der Waals surface area contributed by atoms with Crippen LogP contribution < -0.4 is 0 Å². The summed E-state index contributed by atoms with van der Waals surface area (Å²) in [6.07, 6.45) is 0. The average Bonchev–Trinajstić information content (AvgIpc) is 2.83. The fourth-order valence-electron chi connectivity index (χ4n) is 5.37. The summed E-state index contributed by atoms with van der Waals surface area (Å²) < 4.78 is 5.42. The van der Waals surface area contributed by atoms with Crippen molar-refractivity contribution in [1.82, 2.24) is 0 Å². The summed E-state index contributed by atoms with van der Waals surface area (Å²) >= 11 is 3.81. The molecule has 0 nitrogen and oxygen atoms in total. The summed E-state index contributed by atoms with van der Waals surface area (Å²) in [5.41, 5.74) is 0. The predicted octanol–water partition coefficient (Wildman–Crippen LogP) is 9.88. The molecule has 0 atom stereocenters. The molecule has 0 N–H and O–H groups in total. The molecule has 148 valence electrons. The molecule has 0 fully saturated rings. The lowest BCUT2D eigenvalue weighted by molar-refractivity contribution is 1.83. The van der Waals surface area contributed by atoms with Gasteiger partial charge in [-0.2, -0.15) is 0 Å². The van der Waals surface area contributed by atoms with Gasteiger partial charge in [0.1, 0.15) is 0 Å². The zero-order valence-electron chi connectivity index (χ0n) is 17.1. The largest absolute Gasteiger partial charge is 0.135 e. The third-order valence-electron chi connectivity index (χ3n) is 6.79. The molecule has 32 heavy (non-hydrogen) atoms. The van der Waals surface area contributed by atoms with E-state index in [-0.39, 0.29) is 0 Å². The highest BCUT2D eigenvalue weighted by Crippen LogP contribution is 2.42. The molecule has 0 radical (unpaired) electrons. The maximum absolute atomic E-state index is 2.41. The van der Waals surface area contributed by atoms with Crippen LogP contribution in [0.15, 0.2) is 97.1 Å². The Hall–Kier alpha value is -3.46. The molecule has 0 aliphatic rings. The molecule has 0 aliphatic heterocycles. The van der Waals surface area contributed by atoms with Crippen molar-refractivity contribution in [2.75, 3.05) is 0 Å². The molecule has 2 heterocycles. The van der Waals surface area contributed by atoms with Crippen LogP contribution in [-0.2, 0) is 0 Å². The van der Waals surface area contributed by atoms with Gasteiger partial charge in [0.15, 0.2) is 0 Å². The maximum Gasteiger partial charge on any atom is 0.0361 e. The summed E-state index contributed by atoms with van der Waals surface area (Å²) in [6.45, 7) is 0. The first-order valence-electron chi connectivity index (χ1n) is 10.9. The molecule has 8 aromatic rings. The van der Waals surface area contributed by atoms with E-state index in [1.807, 2.05) is 22.7 Å². The smallest absolute Gasteiger partial charge is 0.0361 e. The van der Waals surface area contributed by atoms with Crippen molar-refractivity contribution in [2.24, 2.45) is 0 Å². The normalized spacial score (nSPS) is 12.4. The second-order valence-electron chi connectivity index (χ2n) is 8.57. The van der Waals surface area contributed by atoms with Crippen LogP contribution in [0.25, 0.3) is 72.7 Å². The molecule has 0 amide bonds.